The first-order valence-corrected chi connectivity index (χ1v) is 4.62. The Labute approximate surface area is 89.1 Å². The molecule has 70 valence electrons. The van der Waals surface area contributed by atoms with Crippen LogP contribution in [0.15, 0.2) is 0 Å². The van der Waals surface area contributed by atoms with Crippen molar-refractivity contribution in [2.45, 2.75) is 43.8 Å². The van der Waals surface area contributed by atoms with Gasteiger partial charge in [-0.3, -0.25) is 0 Å². The molecule has 2 bridgehead atoms. The number of fused-ring (bicyclic) bond motifs is 2. The molecular formula is C9H17N2W-. The molecule has 0 saturated carbocycles. The van der Waals surface area contributed by atoms with Crippen LogP contribution >= 0.6 is 0 Å². The number of nitrogens with zero attached hydrogens (tertiary/aromatic N) is 1. The summed E-state index contributed by atoms with van der Waals surface area (Å²) in [5.41, 5.74) is 5.93. The molecule has 2 aliphatic heterocycles. The van der Waals surface area contributed by atoms with Crippen molar-refractivity contribution in [3.63, 3.8) is 0 Å². The molecule has 2 N–H and O–H groups in total. The zero-order valence-corrected chi connectivity index (χ0v) is 10.3. The van der Waals surface area contributed by atoms with Gasteiger partial charge in [0.25, 0.3) is 0 Å². The first kappa shape index (κ1) is 10.7. The Morgan fingerprint density at radius 3 is 2.17 bits per heavy atom. The van der Waals surface area contributed by atoms with E-state index in [9.17, 15) is 0 Å². The Morgan fingerprint density at radius 1 is 1.25 bits per heavy atom. The molecule has 2 saturated heterocycles. The fraction of sp³-hybridized carbons (Fsp3) is 0.889. The number of piperidine rings is 1. The molecule has 0 aromatic heterocycles. The standard InChI is InChI=1S/C9H17N2.W/c1-2-11-8-3-4-9(11)6-7(10)5-8;/h7-9H,1-6,10H2;/q-1;. The molecule has 3 heteroatoms. The smallest absolute Gasteiger partial charge is 0.00849 e. The van der Waals surface area contributed by atoms with E-state index in [1.54, 1.807) is 0 Å². The van der Waals surface area contributed by atoms with Crippen molar-refractivity contribution in [3.8, 4) is 0 Å². The summed E-state index contributed by atoms with van der Waals surface area (Å²) in [7, 11) is 0. The van der Waals surface area contributed by atoms with E-state index in [-0.39, 0.29) is 21.1 Å². The first-order chi connectivity index (χ1) is 5.31. The van der Waals surface area contributed by atoms with Crippen LogP contribution in [0.5, 0.6) is 0 Å². The Balaban J connectivity index is 0.000000720. The van der Waals surface area contributed by atoms with Crippen LogP contribution in [0, 0.1) is 6.92 Å². The zero-order chi connectivity index (χ0) is 7.84. The van der Waals surface area contributed by atoms with Gasteiger partial charge in [0.1, 0.15) is 0 Å². The number of hydrogen-bond donors (Lipinski definition) is 1. The van der Waals surface area contributed by atoms with E-state index >= 15 is 0 Å². The van der Waals surface area contributed by atoms with Crippen molar-refractivity contribution < 1.29 is 21.1 Å². The molecule has 2 fully saturated rings. The van der Waals surface area contributed by atoms with E-state index in [1.165, 1.54) is 25.7 Å². The summed E-state index contributed by atoms with van der Waals surface area (Å²) < 4.78 is 0. The SMILES string of the molecule is [CH2-]CN1C2CCC1CC(N)C2.[W]. The maximum atomic E-state index is 5.93. The predicted octanol–water partition coefficient (Wildman–Crippen LogP) is 0.772. The first-order valence-electron chi connectivity index (χ1n) is 4.62. The van der Waals surface area contributed by atoms with Gasteiger partial charge >= 0.3 is 0 Å². The van der Waals surface area contributed by atoms with Crippen molar-refractivity contribution in [2.24, 2.45) is 5.73 Å². The molecule has 2 unspecified atom stereocenters. The second-order valence-electron chi connectivity index (χ2n) is 3.85. The van der Waals surface area contributed by atoms with E-state index in [4.69, 9.17) is 5.73 Å². The predicted molar refractivity (Wildman–Crippen MR) is 46.1 cm³/mol. The van der Waals surface area contributed by atoms with E-state index in [1.807, 2.05) is 0 Å². The van der Waals surface area contributed by atoms with Gasteiger partial charge in [0.2, 0.25) is 0 Å². The monoisotopic (exact) mass is 337 g/mol. The molecule has 0 spiro atoms. The Hall–Kier alpha value is 0.608. The van der Waals surface area contributed by atoms with Crippen LogP contribution in [0.4, 0.5) is 0 Å². The van der Waals surface area contributed by atoms with Crippen LogP contribution < -0.4 is 5.73 Å². The van der Waals surface area contributed by atoms with Crippen LogP contribution in [-0.4, -0.2) is 29.6 Å². The van der Waals surface area contributed by atoms with Crippen molar-refractivity contribution in [1.82, 2.24) is 4.90 Å². The summed E-state index contributed by atoms with van der Waals surface area (Å²) in [5, 5.41) is 0. The van der Waals surface area contributed by atoms with Crippen molar-refractivity contribution in [2.75, 3.05) is 6.54 Å². The molecule has 0 aromatic rings. The summed E-state index contributed by atoms with van der Waals surface area (Å²) in [6.45, 7) is 4.93. The fourth-order valence-electron chi connectivity index (χ4n) is 2.68. The number of nitrogens with two attached hydrogens (primary N) is 1. The maximum absolute atomic E-state index is 5.93. The summed E-state index contributed by atoms with van der Waals surface area (Å²) in [6.07, 6.45) is 5.11. The van der Waals surface area contributed by atoms with Crippen molar-refractivity contribution in [1.29, 1.82) is 0 Å². The topological polar surface area (TPSA) is 29.3 Å². The van der Waals surface area contributed by atoms with Gasteiger partial charge in [-0.2, -0.15) is 0 Å². The van der Waals surface area contributed by atoms with Gasteiger partial charge < -0.3 is 17.6 Å². The number of hydrogen-bond acceptors (Lipinski definition) is 2. The van der Waals surface area contributed by atoms with Gasteiger partial charge in [-0.1, -0.05) is 0 Å². The third-order valence-electron chi connectivity index (χ3n) is 3.18. The molecule has 2 nitrogen and oxygen atoms in total. The minimum atomic E-state index is 0. The largest absolute Gasteiger partial charge is 0.330 e. The third kappa shape index (κ3) is 1.76. The van der Waals surface area contributed by atoms with Crippen LogP contribution in [0.25, 0.3) is 0 Å². The Bertz CT molecular complexity index is 137. The molecule has 2 rings (SSSR count). The second kappa shape index (κ2) is 4.21. The Kier molecular flexibility index (Phi) is 3.75. The van der Waals surface area contributed by atoms with E-state index in [0.29, 0.717) is 6.04 Å². The van der Waals surface area contributed by atoms with E-state index in [2.05, 4.69) is 11.8 Å². The van der Waals surface area contributed by atoms with Gasteiger partial charge in [-0.25, -0.2) is 0 Å². The van der Waals surface area contributed by atoms with E-state index < -0.39 is 0 Å². The third-order valence-corrected chi connectivity index (χ3v) is 3.18. The summed E-state index contributed by atoms with van der Waals surface area (Å²) >= 11 is 0. The maximum Gasteiger partial charge on any atom is 0.00849 e. The van der Waals surface area contributed by atoms with Crippen LogP contribution in [0.2, 0.25) is 0 Å². The average Bonchev–Trinajstić information content (AvgIpc) is 2.23. The fourth-order valence-corrected chi connectivity index (χ4v) is 2.68. The molecule has 0 radical (unpaired) electrons. The van der Waals surface area contributed by atoms with Gasteiger partial charge in [0.05, 0.1) is 0 Å². The Morgan fingerprint density at radius 2 is 1.75 bits per heavy atom. The van der Waals surface area contributed by atoms with Gasteiger partial charge in [0.15, 0.2) is 0 Å². The van der Waals surface area contributed by atoms with Crippen molar-refractivity contribution >= 4 is 0 Å². The average molecular weight is 337 g/mol. The summed E-state index contributed by atoms with van der Waals surface area (Å²) in [4.78, 5) is 2.53. The minimum Gasteiger partial charge on any atom is -0.330 e. The molecule has 0 aliphatic carbocycles. The molecule has 12 heavy (non-hydrogen) atoms. The van der Waals surface area contributed by atoms with Crippen LogP contribution in [0.1, 0.15) is 25.7 Å². The molecule has 2 heterocycles. The van der Waals surface area contributed by atoms with E-state index in [0.717, 1.165) is 18.6 Å². The van der Waals surface area contributed by atoms with Crippen LogP contribution in [-0.2, 0) is 21.1 Å². The normalized spacial score (nSPS) is 41.0. The number of rotatable bonds is 1. The van der Waals surface area contributed by atoms with Gasteiger partial charge in [0, 0.05) is 39.2 Å². The molecule has 0 amide bonds. The molecule has 2 atom stereocenters. The zero-order valence-electron chi connectivity index (χ0n) is 7.41. The quantitative estimate of drug-likeness (QED) is 0.717. The summed E-state index contributed by atoms with van der Waals surface area (Å²) in [6, 6.07) is 2.00. The van der Waals surface area contributed by atoms with Gasteiger partial charge in [-0.05, 0) is 25.7 Å². The van der Waals surface area contributed by atoms with Crippen LogP contribution in [0.3, 0.4) is 0 Å². The van der Waals surface area contributed by atoms with Gasteiger partial charge in [-0.15, -0.1) is 6.54 Å². The molecule has 2 aliphatic rings. The summed E-state index contributed by atoms with van der Waals surface area (Å²) in [5.74, 6) is 0. The van der Waals surface area contributed by atoms with Crippen molar-refractivity contribution in [3.05, 3.63) is 6.92 Å². The molecular weight excluding hydrogens is 320 g/mol. The second-order valence-corrected chi connectivity index (χ2v) is 3.85. The molecule has 0 aromatic carbocycles. The minimum absolute atomic E-state index is 0.